The molecule has 1 rings (SSSR count). The predicted octanol–water partition coefficient (Wildman–Crippen LogP) is 0.545. The number of aromatic amines is 1. The second kappa shape index (κ2) is 4.80. The Labute approximate surface area is 79.1 Å². The van der Waals surface area contributed by atoms with Crippen LogP contribution >= 0.6 is 11.8 Å². The highest BCUT2D eigenvalue weighted by molar-refractivity contribution is 8.00. The van der Waals surface area contributed by atoms with Crippen molar-refractivity contribution < 1.29 is 9.90 Å². The number of hydrogen-bond donors (Lipinski definition) is 2. The van der Waals surface area contributed by atoms with E-state index in [9.17, 15) is 4.79 Å². The van der Waals surface area contributed by atoms with Crippen molar-refractivity contribution >= 4 is 17.7 Å². The first kappa shape index (κ1) is 9.97. The smallest absolute Gasteiger partial charge is 0.317 e. The maximum absolute atomic E-state index is 10.7. The molecule has 0 bridgehead atoms. The fraction of sp³-hybridized carbons (Fsp3) is 0.667. The monoisotopic (exact) mass is 202 g/mol. The Morgan fingerprint density at radius 3 is 3.00 bits per heavy atom. The average Bonchev–Trinajstić information content (AvgIpc) is 2.56. The van der Waals surface area contributed by atoms with Gasteiger partial charge in [0.1, 0.15) is 5.25 Å². The van der Waals surface area contributed by atoms with Crippen molar-refractivity contribution in [1.29, 1.82) is 0 Å². The molecule has 72 valence electrons. The van der Waals surface area contributed by atoms with Gasteiger partial charge in [0.2, 0.25) is 5.16 Å². The third-order valence-electron chi connectivity index (χ3n) is 1.40. The number of carbonyl (C=O) groups is 1. The SMILES string of the molecule is CCCC(Sc1nn[nH]n1)C(=O)O. The maximum Gasteiger partial charge on any atom is 0.317 e. The van der Waals surface area contributed by atoms with Crippen molar-refractivity contribution in [2.75, 3.05) is 0 Å². The van der Waals surface area contributed by atoms with Crippen molar-refractivity contribution in [3.8, 4) is 0 Å². The Balaban J connectivity index is 2.52. The first-order valence-corrected chi connectivity index (χ1v) is 4.75. The zero-order valence-electron chi connectivity index (χ0n) is 7.10. The highest BCUT2D eigenvalue weighted by atomic mass is 32.2. The molecule has 0 saturated carbocycles. The number of carboxylic acids is 1. The normalized spacial score (nSPS) is 12.7. The van der Waals surface area contributed by atoms with Gasteiger partial charge in [0.15, 0.2) is 0 Å². The number of thioether (sulfide) groups is 1. The van der Waals surface area contributed by atoms with E-state index < -0.39 is 11.2 Å². The van der Waals surface area contributed by atoms with Gasteiger partial charge in [-0.1, -0.05) is 25.1 Å². The molecule has 1 heterocycles. The molecule has 0 spiro atoms. The Hall–Kier alpha value is -1.11. The van der Waals surface area contributed by atoms with Gasteiger partial charge in [0.05, 0.1) is 0 Å². The van der Waals surface area contributed by atoms with Crippen LogP contribution in [0.2, 0.25) is 0 Å². The predicted molar refractivity (Wildman–Crippen MR) is 46.4 cm³/mol. The number of aliphatic carboxylic acids is 1. The molecule has 0 saturated heterocycles. The van der Waals surface area contributed by atoms with Crippen LogP contribution in [0.3, 0.4) is 0 Å². The van der Waals surface area contributed by atoms with Crippen LogP contribution in [-0.4, -0.2) is 36.9 Å². The Morgan fingerprint density at radius 1 is 1.77 bits per heavy atom. The number of carboxylic acid groups (broad SMARTS) is 1. The summed E-state index contributed by atoms with van der Waals surface area (Å²) in [5.41, 5.74) is 0. The van der Waals surface area contributed by atoms with Crippen LogP contribution in [0.25, 0.3) is 0 Å². The van der Waals surface area contributed by atoms with Gasteiger partial charge in [-0.15, -0.1) is 10.2 Å². The molecular weight excluding hydrogens is 192 g/mol. The minimum atomic E-state index is -0.836. The van der Waals surface area contributed by atoms with Crippen LogP contribution in [0.4, 0.5) is 0 Å². The van der Waals surface area contributed by atoms with Crippen molar-refractivity contribution in [1.82, 2.24) is 20.6 Å². The zero-order chi connectivity index (χ0) is 9.68. The Bertz CT molecular complexity index is 264. The summed E-state index contributed by atoms with van der Waals surface area (Å²) in [6.07, 6.45) is 1.43. The van der Waals surface area contributed by atoms with Gasteiger partial charge in [0.25, 0.3) is 0 Å². The molecule has 13 heavy (non-hydrogen) atoms. The van der Waals surface area contributed by atoms with E-state index in [0.29, 0.717) is 11.6 Å². The fourth-order valence-electron chi connectivity index (χ4n) is 0.825. The summed E-state index contributed by atoms with van der Waals surface area (Å²) in [6, 6.07) is 0. The van der Waals surface area contributed by atoms with Gasteiger partial charge in [-0.05, 0) is 11.6 Å². The molecule has 1 aromatic rings. The van der Waals surface area contributed by atoms with Gasteiger partial charge >= 0.3 is 5.97 Å². The van der Waals surface area contributed by atoms with E-state index in [4.69, 9.17) is 5.11 Å². The van der Waals surface area contributed by atoms with Gasteiger partial charge in [-0.25, -0.2) is 0 Å². The van der Waals surface area contributed by atoms with Crippen LogP contribution in [0.15, 0.2) is 5.16 Å². The lowest BCUT2D eigenvalue weighted by molar-refractivity contribution is -0.136. The van der Waals surface area contributed by atoms with Crippen molar-refractivity contribution in [3.05, 3.63) is 0 Å². The lowest BCUT2D eigenvalue weighted by atomic mass is 10.2. The number of rotatable bonds is 5. The van der Waals surface area contributed by atoms with E-state index in [1.54, 1.807) is 0 Å². The summed E-state index contributed by atoms with van der Waals surface area (Å²) in [5.74, 6) is -0.836. The number of nitrogens with one attached hydrogen (secondary N) is 1. The number of hydrogen-bond acceptors (Lipinski definition) is 5. The first-order chi connectivity index (χ1) is 6.24. The molecule has 0 amide bonds. The second-order valence-electron chi connectivity index (χ2n) is 2.43. The minimum Gasteiger partial charge on any atom is -0.480 e. The summed E-state index contributed by atoms with van der Waals surface area (Å²) in [7, 11) is 0. The Kier molecular flexibility index (Phi) is 3.69. The van der Waals surface area contributed by atoms with Crippen molar-refractivity contribution in [2.24, 2.45) is 0 Å². The molecule has 0 aromatic carbocycles. The Morgan fingerprint density at radius 2 is 2.54 bits per heavy atom. The molecule has 0 radical (unpaired) electrons. The van der Waals surface area contributed by atoms with E-state index in [-0.39, 0.29) is 0 Å². The van der Waals surface area contributed by atoms with Gasteiger partial charge < -0.3 is 5.11 Å². The van der Waals surface area contributed by atoms with Crippen LogP contribution in [-0.2, 0) is 4.79 Å². The van der Waals surface area contributed by atoms with Gasteiger partial charge in [-0.3, -0.25) is 4.79 Å². The van der Waals surface area contributed by atoms with E-state index in [0.717, 1.165) is 18.2 Å². The molecule has 0 aliphatic carbocycles. The lowest BCUT2D eigenvalue weighted by Gasteiger charge is -2.06. The van der Waals surface area contributed by atoms with E-state index in [1.165, 1.54) is 0 Å². The second-order valence-corrected chi connectivity index (χ2v) is 3.60. The summed E-state index contributed by atoms with van der Waals surface area (Å²) in [5, 5.41) is 21.7. The molecule has 0 aliphatic heterocycles. The highest BCUT2D eigenvalue weighted by Gasteiger charge is 2.19. The number of tetrazole rings is 1. The molecule has 1 aromatic heterocycles. The topological polar surface area (TPSA) is 91.8 Å². The van der Waals surface area contributed by atoms with Crippen LogP contribution < -0.4 is 0 Å². The third kappa shape index (κ3) is 3.02. The molecule has 6 nitrogen and oxygen atoms in total. The summed E-state index contributed by atoms with van der Waals surface area (Å²) >= 11 is 1.11. The summed E-state index contributed by atoms with van der Waals surface area (Å²) in [4.78, 5) is 10.7. The third-order valence-corrected chi connectivity index (χ3v) is 2.51. The van der Waals surface area contributed by atoms with Crippen LogP contribution in [0.1, 0.15) is 19.8 Å². The number of aromatic nitrogens is 4. The standard InChI is InChI=1S/C6H10N4O2S/c1-2-3-4(5(11)12)13-6-7-9-10-8-6/h4H,2-3H2,1H3,(H,11,12)(H,7,8,9,10). The molecule has 2 N–H and O–H groups in total. The van der Waals surface area contributed by atoms with Gasteiger partial charge in [-0.2, -0.15) is 5.21 Å². The van der Waals surface area contributed by atoms with Crippen molar-refractivity contribution in [2.45, 2.75) is 30.2 Å². The highest BCUT2D eigenvalue weighted by Crippen LogP contribution is 2.21. The van der Waals surface area contributed by atoms with Crippen LogP contribution in [0, 0.1) is 0 Å². The maximum atomic E-state index is 10.7. The molecule has 1 atom stereocenters. The largest absolute Gasteiger partial charge is 0.480 e. The molecule has 0 aliphatic rings. The average molecular weight is 202 g/mol. The molecule has 1 unspecified atom stereocenters. The first-order valence-electron chi connectivity index (χ1n) is 3.87. The fourth-order valence-corrected chi connectivity index (χ4v) is 1.72. The van der Waals surface area contributed by atoms with Gasteiger partial charge in [0, 0.05) is 0 Å². The number of H-pyrrole nitrogens is 1. The van der Waals surface area contributed by atoms with E-state index >= 15 is 0 Å². The van der Waals surface area contributed by atoms with Crippen LogP contribution in [0.5, 0.6) is 0 Å². The number of nitrogens with zero attached hydrogens (tertiary/aromatic N) is 3. The summed E-state index contributed by atoms with van der Waals surface area (Å²) in [6.45, 7) is 1.94. The van der Waals surface area contributed by atoms with E-state index in [2.05, 4.69) is 20.6 Å². The zero-order valence-corrected chi connectivity index (χ0v) is 7.91. The minimum absolute atomic E-state index is 0.376. The molecule has 7 heteroatoms. The molecular formula is C6H10N4O2S. The van der Waals surface area contributed by atoms with Crippen molar-refractivity contribution in [3.63, 3.8) is 0 Å². The quantitative estimate of drug-likeness (QED) is 0.677. The lowest BCUT2D eigenvalue weighted by Crippen LogP contribution is -2.15. The summed E-state index contributed by atoms with van der Waals surface area (Å²) < 4.78 is 0. The molecule has 0 fully saturated rings. The van der Waals surface area contributed by atoms with E-state index in [1.807, 2.05) is 6.92 Å².